The summed E-state index contributed by atoms with van der Waals surface area (Å²) in [5, 5.41) is 3.01. The van der Waals surface area contributed by atoms with Crippen LogP contribution in [0.2, 0.25) is 0 Å². The third kappa shape index (κ3) is 3.87. The van der Waals surface area contributed by atoms with Crippen molar-refractivity contribution in [3.8, 4) is 5.75 Å². The molecular weight excluding hydrogens is 331 g/mol. The van der Waals surface area contributed by atoms with E-state index in [1.807, 2.05) is 24.3 Å². The number of methoxy groups -OCH3 is 1. The first kappa shape index (κ1) is 17.1. The molecule has 0 amide bonds. The van der Waals surface area contributed by atoms with E-state index in [1.54, 1.807) is 7.11 Å². The number of nitrogens with zero attached hydrogens (tertiary/aromatic N) is 1. The Kier molecular flexibility index (Phi) is 4.83. The predicted molar refractivity (Wildman–Crippen MR) is 88.9 cm³/mol. The Morgan fingerprint density at radius 2 is 1.92 bits per heavy atom. The van der Waals surface area contributed by atoms with E-state index < -0.39 is 17.5 Å². The van der Waals surface area contributed by atoms with Gasteiger partial charge in [0.25, 0.3) is 0 Å². The van der Waals surface area contributed by atoms with Gasteiger partial charge in [-0.15, -0.1) is 0 Å². The lowest BCUT2D eigenvalue weighted by molar-refractivity contribution is 0.410. The molecule has 2 aromatic carbocycles. The van der Waals surface area contributed by atoms with Gasteiger partial charge in [-0.2, -0.15) is 0 Å². The molecule has 0 aliphatic heterocycles. The normalized spacial score (nSPS) is 19.6. The van der Waals surface area contributed by atoms with Crippen molar-refractivity contribution < 1.29 is 17.9 Å². The fourth-order valence-electron chi connectivity index (χ4n) is 2.75. The highest BCUT2D eigenvalue weighted by Gasteiger charge is 2.39. The Balaban J connectivity index is 1.60. The van der Waals surface area contributed by atoms with E-state index in [9.17, 15) is 13.2 Å². The lowest BCUT2D eigenvalue weighted by Gasteiger charge is -2.08. The number of halogens is 3. The molecule has 0 saturated heterocycles. The molecule has 3 rings (SSSR count). The van der Waals surface area contributed by atoms with Crippen molar-refractivity contribution in [2.24, 2.45) is 10.7 Å². The third-order valence-corrected chi connectivity index (χ3v) is 4.17. The standard InChI is InChI=1S/C18H18F3N3O/c1-25-16-5-3-2-4-10(16)9-23-18(22)24-15-8-12(15)11-6-13(19)17(21)14(20)7-11/h2-7,12,15H,8-9H2,1H3,(H3,22,23,24)/t12-,15+/m0/s1. The predicted octanol–water partition coefficient (Wildman–Crippen LogP) is 3.07. The van der Waals surface area contributed by atoms with Crippen LogP contribution in [0.1, 0.15) is 23.5 Å². The van der Waals surface area contributed by atoms with Crippen LogP contribution in [0.15, 0.2) is 41.4 Å². The van der Waals surface area contributed by atoms with Crippen molar-refractivity contribution in [3.63, 3.8) is 0 Å². The van der Waals surface area contributed by atoms with E-state index in [1.165, 1.54) is 0 Å². The van der Waals surface area contributed by atoms with Gasteiger partial charge in [-0.3, -0.25) is 0 Å². The Hall–Kier alpha value is -2.70. The minimum atomic E-state index is -1.45. The first-order chi connectivity index (χ1) is 12.0. The Morgan fingerprint density at radius 3 is 2.60 bits per heavy atom. The van der Waals surface area contributed by atoms with Crippen LogP contribution in [0, 0.1) is 17.5 Å². The van der Waals surface area contributed by atoms with E-state index >= 15 is 0 Å². The van der Waals surface area contributed by atoms with Crippen molar-refractivity contribution in [3.05, 3.63) is 65.0 Å². The van der Waals surface area contributed by atoms with Gasteiger partial charge < -0.3 is 15.8 Å². The van der Waals surface area contributed by atoms with E-state index in [-0.39, 0.29) is 17.9 Å². The summed E-state index contributed by atoms with van der Waals surface area (Å²) >= 11 is 0. The quantitative estimate of drug-likeness (QED) is 0.495. The number of hydrogen-bond donors (Lipinski definition) is 2. The SMILES string of the molecule is COc1ccccc1CN=C(N)N[C@@H]1C[C@H]1c1cc(F)c(F)c(F)c1. The molecule has 0 aromatic heterocycles. The first-order valence-corrected chi connectivity index (χ1v) is 7.82. The molecule has 1 saturated carbocycles. The summed E-state index contributed by atoms with van der Waals surface area (Å²) in [6, 6.07) is 9.43. The molecule has 0 bridgehead atoms. The van der Waals surface area contributed by atoms with Crippen LogP contribution in [0.4, 0.5) is 13.2 Å². The van der Waals surface area contributed by atoms with Crippen molar-refractivity contribution in [2.75, 3.05) is 7.11 Å². The number of benzene rings is 2. The zero-order valence-corrected chi connectivity index (χ0v) is 13.6. The van der Waals surface area contributed by atoms with Gasteiger partial charge in [0, 0.05) is 17.5 Å². The molecule has 132 valence electrons. The molecule has 3 N–H and O–H groups in total. The maximum atomic E-state index is 13.3. The third-order valence-electron chi connectivity index (χ3n) is 4.17. The maximum Gasteiger partial charge on any atom is 0.194 e. The second-order valence-electron chi connectivity index (χ2n) is 5.90. The fourth-order valence-corrected chi connectivity index (χ4v) is 2.75. The van der Waals surface area contributed by atoms with Gasteiger partial charge in [-0.1, -0.05) is 18.2 Å². The van der Waals surface area contributed by atoms with Crippen molar-refractivity contribution in [1.29, 1.82) is 0 Å². The van der Waals surface area contributed by atoms with Gasteiger partial charge in [0.1, 0.15) is 5.75 Å². The lowest BCUT2D eigenvalue weighted by atomic mass is 10.1. The first-order valence-electron chi connectivity index (χ1n) is 7.82. The average molecular weight is 349 g/mol. The van der Waals surface area contributed by atoms with Gasteiger partial charge in [-0.05, 0) is 30.2 Å². The van der Waals surface area contributed by atoms with Crippen molar-refractivity contribution in [1.82, 2.24) is 5.32 Å². The minimum absolute atomic E-state index is 0.0781. The monoisotopic (exact) mass is 349 g/mol. The zero-order chi connectivity index (χ0) is 18.0. The highest BCUT2D eigenvalue weighted by atomic mass is 19.2. The Bertz CT molecular complexity index is 787. The van der Waals surface area contributed by atoms with Crippen LogP contribution in [-0.4, -0.2) is 19.1 Å². The van der Waals surface area contributed by atoms with E-state index in [0.29, 0.717) is 18.5 Å². The molecule has 7 heteroatoms. The molecule has 2 atom stereocenters. The molecule has 25 heavy (non-hydrogen) atoms. The average Bonchev–Trinajstić information content (AvgIpc) is 3.36. The number of nitrogens with two attached hydrogens (primary N) is 1. The molecule has 0 heterocycles. The van der Waals surface area contributed by atoms with Crippen molar-refractivity contribution in [2.45, 2.75) is 24.9 Å². The molecule has 0 spiro atoms. The summed E-state index contributed by atoms with van der Waals surface area (Å²) in [5.74, 6) is -2.98. The van der Waals surface area contributed by atoms with Crippen LogP contribution in [0.5, 0.6) is 5.75 Å². The molecular formula is C18H18F3N3O. The van der Waals surface area contributed by atoms with Crippen LogP contribution >= 0.6 is 0 Å². The molecule has 1 fully saturated rings. The van der Waals surface area contributed by atoms with Crippen LogP contribution < -0.4 is 15.8 Å². The number of guanidine groups is 1. The van der Waals surface area contributed by atoms with E-state index in [2.05, 4.69) is 10.3 Å². The summed E-state index contributed by atoms with van der Waals surface area (Å²) in [7, 11) is 1.58. The maximum absolute atomic E-state index is 13.3. The molecule has 0 radical (unpaired) electrons. The topological polar surface area (TPSA) is 59.6 Å². The fraction of sp³-hybridized carbons (Fsp3) is 0.278. The van der Waals surface area contributed by atoms with Crippen LogP contribution in [-0.2, 0) is 6.54 Å². The van der Waals surface area contributed by atoms with Gasteiger partial charge in [0.15, 0.2) is 23.4 Å². The number of nitrogens with one attached hydrogen (secondary N) is 1. The van der Waals surface area contributed by atoms with Crippen LogP contribution in [0.3, 0.4) is 0 Å². The highest BCUT2D eigenvalue weighted by Crippen LogP contribution is 2.41. The van der Waals surface area contributed by atoms with Gasteiger partial charge in [0.2, 0.25) is 0 Å². The molecule has 4 nitrogen and oxygen atoms in total. The van der Waals surface area contributed by atoms with Crippen molar-refractivity contribution >= 4 is 5.96 Å². The highest BCUT2D eigenvalue weighted by molar-refractivity contribution is 5.78. The summed E-state index contributed by atoms with van der Waals surface area (Å²) in [6.45, 7) is 0.347. The Morgan fingerprint density at radius 1 is 1.24 bits per heavy atom. The van der Waals surface area contributed by atoms with Crippen LogP contribution in [0.25, 0.3) is 0 Å². The second kappa shape index (κ2) is 7.04. The number of hydrogen-bond acceptors (Lipinski definition) is 2. The number of rotatable bonds is 5. The minimum Gasteiger partial charge on any atom is -0.496 e. The van der Waals surface area contributed by atoms with E-state index in [0.717, 1.165) is 23.4 Å². The summed E-state index contributed by atoms with van der Waals surface area (Å²) in [6.07, 6.45) is 0.648. The second-order valence-corrected chi connectivity index (χ2v) is 5.90. The number of ether oxygens (including phenoxy) is 1. The zero-order valence-electron chi connectivity index (χ0n) is 13.6. The van der Waals surface area contributed by atoms with Gasteiger partial charge in [-0.25, -0.2) is 18.2 Å². The Labute approximate surface area is 143 Å². The summed E-state index contributed by atoms with van der Waals surface area (Å²) < 4.78 is 44.9. The molecule has 0 unspecified atom stereocenters. The van der Waals surface area contributed by atoms with E-state index in [4.69, 9.17) is 10.5 Å². The largest absolute Gasteiger partial charge is 0.496 e. The van der Waals surface area contributed by atoms with Gasteiger partial charge >= 0.3 is 0 Å². The smallest absolute Gasteiger partial charge is 0.194 e. The van der Waals surface area contributed by atoms with Gasteiger partial charge in [0.05, 0.1) is 13.7 Å². The lowest BCUT2D eigenvalue weighted by Crippen LogP contribution is -2.34. The number of para-hydroxylation sites is 1. The summed E-state index contributed by atoms with van der Waals surface area (Å²) in [4.78, 5) is 4.26. The summed E-state index contributed by atoms with van der Waals surface area (Å²) in [5.41, 5.74) is 7.17. The molecule has 1 aliphatic carbocycles. The molecule has 1 aliphatic rings. The number of aliphatic imine (C=N–C) groups is 1. The molecule has 2 aromatic rings.